The van der Waals surface area contributed by atoms with Gasteiger partial charge in [0.05, 0.1) is 21.4 Å². The van der Waals surface area contributed by atoms with Crippen LogP contribution < -0.4 is 4.90 Å². The number of carbonyl (C=O) groups is 1. The molecule has 186 valence electrons. The van der Waals surface area contributed by atoms with Crippen LogP contribution in [0.3, 0.4) is 0 Å². The summed E-state index contributed by atoms with van der Waals surface area (Å²) >= 11 is 1.49. The van der Waals surface area contributed by atoms with Gasteiger partial charge in [-0.2, -0.15) is 0 Å². The lowest BCUT2D eigenvalue weighted by molar-refractivity contribution is 0.0986. The molecule has 0 atom stereocenters. The summed E-state index contributed by atoms with van der Waals surface area (Å²) in [6, 6.07) is 12.2. The molecule has 1 amide bonds. The molecular weight excluding hydrogens is 506 g/mol. The molecule has 2 aromatic heterocycles. The molecule has 0 N–H and O–H groups in total. The van der Waals surface area contributed by atoms with Crippen LogP contribution in [-0.4, -0.2) is 53.8 Å². The van der Waals surface area contributed by atoms with Gasteiger partial charge in [0.1, 0.15) is 0 Å². The zero-order valence-corrected chi connectivity index (χ0v) is 22.2. The van der Waals surface area contributed by atoms with E-state index in [1.807, 2.05) is 16.8 Å². The van der Waals surface area contributed by atoms with Gasteiger partial charge in [-0.1, -0.05) is 24.3 Å². The van der Waals surface area contributed by atoms with Crippen molar-refractivity contribution in [2.45, 2.75) is 31.2 Å². The highest BCUT2D eigenvalue weighted by molar-refractivity contribution is 7.89. The molecule has 2 aromatic carbocycles. The third-order valence-electron chi connectivity index (χ3n) is 5.56. The minimum atomic E-state index is -3.57. The van der Waals surface area contributed by atoms with Crippen molar-refractivity contribution in [2.75, 3.05) is 25.5 Å². The maximum absolute atomic E-state index is 13.5. The Morgan fingerprint density at radius 1 is 1.11 bits per heavy atom. The quantitative estimate of drug-likeness (QED) is 0.317. The molecule has 35 heavy (non-hydrogen) atoms. The van der Waals surface area contributed by atoms with Crippen LogP contribution >= 0.6 is 23.7 Å². The van der Waals surface area contributed by atoms with Gasteiger partial charge in [0.2, 0.25) is 10.0 Å². The van der Waals surface area contributed by atoms with Crippen molar-refractivity contribution in [1.82, 2.24) is 18.8 Å². The zero-order chi connectivity index (χ0) is 24.3. The number of thiazole rings is 1. The molecule has 0 saturated carbocycles. The number of imidazole rings is 1. The molecule has 4 rings (SSSR count). The maximum atomic E-state index is 13.5. The molecule has 0 fully saturated rings. The maximum Gasteiger partial charge on any atom is 0.260 e. The van der Waals surface area contributed by atoms with E-state index >= 15 is 0 Å². The summed E-state index contributed by atoms with van der Waals surface area (Å²) in [5.74, 6) is -0.214. The Kier molecular flexibility index (Phi) is 8.65. The largest absolute Gasteiger partial charge is 0.337 e. The minimum Gasteiger partial charge on any atom is -0.337 e. The first-order chi connectivity index (χ1) is 16.3. The number of amides is 1. The summed E-state index contributed by atoms with van der Waals surface area (Å²) < 4.78 is 28.9. The second-order valence-corrected chi connectivity index (χ2v) is 11.2. The lowest BCUT2D eigenvalue weighted by atomic mass is 10.2. The monoisotopic (exact) mass is 533 g/mol. The molecule has 0 unspecified atom stereocenters. The molecule has 0 saturated heterocycles. The number of benzene rings is 2. The first-order valence-electron chi connectivity index (χ1n) is 11.0. The minimum absolute atomic E-state index is 0. The van der Waals surface area contributed by atoms with Crippen LogP contribution in [0.5, 0.6) is 0 Å². The van der Waals surface area contributed by atoms with Crippen molar-refractivity contribution < 1.29 is 13.2 Å². The summed E-state index contributed by atoms with van der Waals surface area (Å²) in [6.07, 6.45) is 7.01. The third kappa shape index (κ3) is 5.90. The summed E-state index contributed by atoms with van der Waals surface area (Å²) in [7, 11) is -0.606. The van der Waals surface area contributed by atoms with E-state index in [0.717, 1.165) is 20.9 Å². The van der Waals surface area contributed by atoms with Crippen molar-refractivity contribution >= 4 is 55.0 Å². The van der Waals surface area contributed by atoms with Crippen LogP contribution in [0.1, 0.15) is 29.3 Å². The number of sulfonamides is 1. The van der Waals surface area contributed by atoms with Crippen LogP contribution in [-0.2, 0) is 23.0 Å². The lowest BCUT2D eigenvalue weighted by Gasteiger charge is -2.20. The molecule has 0 bridgehead atoms. The van der Waals surface area contributed by atoms with E-state index in [1.54, 1.807) is 29.6 Å². The summed E-state index contributed by atoms with van der Waals surface area (Å²) in [5, 5.41) is 0.629. The van der Waals surface area contributed by atoms with Crippen LogP contribution in [0, 0.1) is 0 Å². The van der Waals surface area contributed by atoms with E-state index in [-0.39, 0.29) is 23.2 Å². The topological polar surface area (TPSA) is 88.4 Å². The lowest BCUT2D eigenvalue weighted by Crippen LogP contribution is -2.32. The Bertz CT molecular complexity index is 1380. The van der Waals surface area contributed by atoms with Gasteiger partial charge in [-0.15, -0.1) is 12.4 Å². The zero-order valence-electron chi connectivity index (χ0n) is 19.8. The molecule has 11 heteroatoms. The van der Waals surface area contributed by atoms with E-state index in [1.165, 1.54) is 43.1 Å². The Balaban J connectivity index is 0.00000342. The Morgan fingerprint density at radius 2 is 1.86 bits per heavy atom. The number of hydrogen-bond acceptors (Lipinski definition) is 6. The molecule has 0 radical (unpaired) electrons. The SMILES string of the molecule is CCc1ccc2nc(N(CCCn3ccnc3)C(=O)c3ccc(S(=O)(=O)N(C)C)cc3)sc2c1.Cl. The highest BCUT2D eigenvalue weighted by Gasteiger charge is 2.23. The van der Waals surface area contributed by atoms with Gasteiger partial charge in [-0.05, 0) is 54.8 Å². The van der Waals surface area contributed by atoms with Crippen molar-refractivity contribution in [3.63, 3.8) is 0 Å². The number of carbonyl (C=O) groups excluding carboxylic acids is 1. The predicted octanol–water partition coefficient (Wildman–Crippen LogP) is 4.46. The average Bonchev–Trinajstić information content (AvgIpc) is 3.50. The molecular formula is C24H28ClN5O3S2. The number of rotatable bonds is 9. The third-order valence-corrected chi connectivity index (χ3v) is 8.43. The number of aryl methyl sites for hydroxylation is 2. The van der Waals surface area contributed by atoms with Gasteiger partial charge in [-0.25, -0.2) is 22.7 Å². The summed E-state index contributed by atoms with van der Waals surface area (Å²) in [6.45, 7) is 3.29. The fourth-order valence-electron chi connectivity index (χ4n) is 3.54. The fraction of sp³-hybridized carbons (Fsp3) is 0.292. The van der Waals surface area contributed by atoms with Crippen LogP contribution in [0.2, 0.25) is 0 Å². The fourth-order valence-corrected chi connectivity index (χ4v) is 5.50. The van der Waals surface area contributed by atoms with Crippen molar-refractivity contribution in [2.24, 2.45) is 0 Å². The molecule has 0 aliphatic heterocycles. The van der Waals surface area contributed by atoms with Gasteiger partial charge in [-0.3, -0.25) is 9.69 Å². The standard InChI is InChI=1S/C24H27N5O3S2.ClH/c1-4-18-6-11-21-22(16-18)33-24(26-21)29(14-5-13-28-15-12-25-17-28)23(30)19-7-9-20(10-8-19)34(31,32)27(2)3;/h6-12,15-17H,4-5,13-14H2,1-3H3;1H. The number of fused-ring (bicyclic) bond motifs is 1. The molecule has 0 spiro atoms. The number of hydrogen-bond donors (Lipinski definition) is 0. The van der Waals surface area contributed by atoms with Gasteiger partial charge in [0.15, 0.2) is 5.13 Å². The van der Waals surface area contributed by atoms with Gasteiger partial charge in [0, 0.05) is 45.1 Å². The number of halogens is 1. The Labute approximate surface area is 215 Å². The second-order valence-electron chi connectivity index (χ2n) is 8.07. The number of aromatic nitrogens is 3. The summed E-state index contributed by atoms with van der Waals surface area (Å²) in [5.41, 5.74) is 2.49. The Morgan fingerprint density at radius 3 is 2.49 bits per heavy atom. The smallest absolute Gasteiger partial charge is 0.260 e. The van der Waals surface area contributed by atoms with E-state index in [4.69, 9.17) is 4.98 Å². The van der Waals surface area contributed by atoms with E-state index in [0.29, 0.717) is 30.2 Å². The summed E-state index contributed by atoms with van der Waals surface area (Å²) in [4.78, 5) is 24.2. The van der Waals surface area contributed by atoms with Crippen molar-refractivity contribution in [3.8, 4) is 0 Å². The average molecular weight is 534 g/mol. The second kappa shape index (κ2) is 11.3. The Hall–Kier alpha value is -2.79. The van der Waals surface area contributed by atoms with E-state index in [2.05, 4.69) is 24.0 Å². The molecule has 8 nitrogen and oxygen atoms in total. The van der Waals surface area contributed by atoms with E-state index in [9.17, 15) is 13.2 Å². The number of nitrogens with zero attached hydrogens (tertiary/aromatic N) is 5. The normalized spacial score (nSPS) is 11.5. The van der Waals surface area contributed by atoms with Gasteiger partial charge >= 0.3 is 0 Å². The van der Waals surface area contributed by atoms with Crippen LogP contribution in [0.4, 0.5) is 5.13 Å². The molecule has 4 aromatic rings. The van der Waals surface area contributed by atoms with Gasteiger partial charge < -0.3 is 4.57 Å². The van der Waals surface area contributed by atoms with E-state index < -0.39 is 10.0 Å². The highest BCUT2D eigenvalue weighted by atomic mass is 35.5. The molecule has 0 aliphatic carbocycles. The van der Waals surface area contributed by atoms with Crippen LogP contribution in [0.25, 0.3) is 10.2 Å². The van der Waals surface area contributed by atoms with Crippen molar-refractivity contribution in [3.05, 3.63) is 72.3 Å². The number of anilines is 1. The predicted molar refractivity (Wildman–Crippen MR) is 142 cm³/mol. The first-order valence-corrected chi connectivity index (χ1v) is 13.2. The molecule has 0 aliphatic rings. The highest BCUT2D eigenvalue weighted by Crippen LogP contribution is 2.31. The molecule has 2 heterocycles. The first kappa shape index (κ1) is 26.8. The van der Waals surface area contributed by atoms with Crippen molar-refractivity contribution in [1.29, 1.82) is 0 Å². The van der Waals surface area contributed by atoms with Gasteiger partial charge in [0.25, 0.3) is 5.91 Å². The van der Waals surface area contributed by atoms with Crippen LogP contribution in [0.15, 0.2) is 66.1 Å².